The lowest BCUT2D eigenvalue weighted by Gasteiger charge is -2.32. The third-order valence-corrected chi connectivity index (χ3v) is 33.2. The molecular weight excluding hydrogens is 1920 g/mol. The largest absolute Gasteiger partial charge is 0.491 e. The minimum atomic E-state index is -1.23. The van der Waals surface area contributed by atoms with Gasteiger partial charge in [0.1, 0.15) is 120 Å². The maximum absolute atomic E-state index is 11.1. The van der Waals surface area contributed by atoms with Crippen LogP contribution >= 0.6 is 53.5 Å². The molecule has 0 spiro atoms. The van der Waals surface area contributed by atoms with Gasteiger partial charge in [-0.15, -0.1) is 79.1 Å². The van der Waals surface area contributed by atoms with Gasteiger partial charge in [-0.25, -0.2) is 29.9 Å². The number of amidine groups is 5. The van der Waals surface area contributed by atoms with Gasteiger partial charge in [0.15, 0.2) is 52.9 Å². The molecule has 0 aromatic carbocycles. The van der Waals surface area contributed by atoms with Crippen LogP contribution in [-0.4, -0.2) is 439 Å². The standard InChI is InChI=1S/C17H28N3O4P.C16H28N3O4P.C16H26N3O4P.C15H26N3O4P.C15H26N3O2P.C15H25N2O3PS/c1-11-18-14(19-12(2)21)7-9-20(11)17-16(23-3)15(22)13(24-17)8-10-25(4,5)6;1-10-18-15(17)12(21-2)9-19(10)16-14(22-3)13(20)11(23-16)7-8-24(4,5)6;1-10-17-13(18-11(2)20)6-8-19(10)16-15(22)14(21)12(23-16)7-9-24(3,4)5;1-9-17-14(16)11(21-2)8-18(9)15-13(20)12(19)10(22-15)6-7-23(3,4)5;1-10-14(19)12(7-9-21(3,4)5)20-15(10)18-8-6-13(16)17-11(18)2;1-9-10(8-17(2)15(22)16-9)14-13(19)12(18)11(20-14)6-7-21(3,4)5/h7,9,13,15-17,22H,1,4,8,10H2,2-3,5-6H3,(H,18,19,21);9,11,13-14,16,20H,1,4,7-8H2,2-3,5-6H3,(H2,17,18);6,8,12,14-16,21-22H,1,3,7,9H2,2,4-5H3,(H,17,18,20);8,10,12-13,15,19-20H,1,3,6-7H2,2,4-5H3,(H2,16,17);6,8,10,12,14-15,19H,2-3,7,9H2,1,4-5H3,(H2,16,17);8,11-14,18-19H,3,6-7H2,1-2,4-5H3/t13-,15-,16-,17?;11-,13-,14-,16?;12-,14-,15-,16?;10-,12-,13-,15?;10-,12-,14+,15?;11-,12-,13-,14?/m111111/s1. The number of rotatable bonds is 28. The number of nitrogens with two attached hydrogens (primary N) is 3. The van der Waals surface area contributed by atoms with Crippen molar-refractivity contribution in [3.8, 4) is 0 Å². The molecule has 2 amide bonds. The van der Waals surface area contributed by atoms with E-state index in [9.17, 15) is 55.5 Å². The van der Waals surface area contributed by atoms with Gasteiger partial charge in [-0.1, -0.05) is 39.8 Å². The van der Waals surface area contributed by atoms with E-state index in [4.69, 9.17) is 76.8 Å². The minimum Gasteiger partial charge on any atom is -0.491 e. The fraction of sp³-hybridized carbons (Fsp3) is 0.606. The lowest BCUT2D eigenvalue weighted by molar-refractivity contribution is -0.118. The van der Waals surface area contributed by atoms with Crippen molar-refractivity contribution < 1.29 is 103 Å². The summed E-state index contributed by atoms with van der Waals surface area (Å²) < 4.78 is 59.4. The van der Waals surface area contributed by atoms with E-state index in [2.05, 4.69) is 191 Å². The van der Waals surface area contributed by atoms with Gasteiger partial charge in [0.05, 0.1) is 69.3 Å². The maximum Gasteiger partial charge on any atom is 0.222 e. The van der Waals surface area contributed by atoms with E-state index in [0.717, 1.165) is 67.5 Å². The number of carbonyl (C=O) groups excluding carboxylic acids is 2. The molecule has 0 aliphatic carbocycles. The summed E-state index contributed by atoms with van der Waals surface area (Å²) in [4.78, 5) is 55.7. The normalized spacial score (nSPS) is 30.9. The van der Waals surface area contributed by atoms with Crippen molar-refractivity contribution in [3.63, 3.8) is 0 Å². The summed E-state index contributed by atoms with van der Waals surface area (Å²) in [6.45, 7) is 44.7. The number of nitrogens with one attached hydrogen (secondary N) is 2. The molecule has 0 bridgehead atoms. The number of aliphatic hydroxyl groups excluding tert-OH is 9. The topological polar surface area (TPSA) is 506 Å². The molecule has 1 aromatic heterocycles. The smallest absolute Gasteiger partial charge is 0.222 e. The van der Waals surface area contributed by atoms with E-state index in [0.29, 0.717) is 82.2 Å². The molecule has 1 aromatic rings. The Hall–Kier alpha value is -6.89. The van der Waals surface area contributed by atoms with Crippen molar-refractivity contribution in [1.29, 1.82) is 0 Å². The van der Waals surface area contributed by atoms with Crippen LogP contribution in [-0.2, 0) is 64.0 Å². The third kappa shape index (κ3) is 34.4. The first-order chi connectivity index (χ1) is 64.3. The van der Waals surface area contributed by atoms with Crippen LogP contribution in [0.4, 0.5) is 0 Å². The number of aryl methyl sites for hydroxylation is 2. The highest BCUT2D eigenvalue weighted by molar-refractivity contribution is 7.74. The molecule has 12 rings (SSSR count). The third-order valence-electron chi connectivity index (χ3n) is 24.0. The molecule has 0 radical (unpaired) electrons. The number of methoxy groups -OCH3 is 4. The van der Waals surface area contributed by atoms with E-state index in [-0.39, 0.29) is 60.0 Å². The molecule has 24 atom stereocenters. The Balaban J connectivity index is 0.000000227. The van der Waals surface area contributed by atoms with E-state index in [1.54, 1.807) is 76.5 Å². The van der Waals surface area contributed by atoms with Crippen LogP contribution < -0.4 is 27.8 Å². The molecule has 17 N–H and O–H groups in total. The van der Waals surface area contributed by atoms with Gasteiger partial charge in [0, 0.05) is 77.1 Å². The zero-order chi connectivity index (χ0) is 105. The first kappa shape index (κ1) is 119. The molecule has 38 nitrogen and oxygen atoms in total. The van der Waals surface area contributed by atoms with Crippen molar-refractivity contribution >= 4 is 132 Å². The average molecular weight is 2080 g/mol. The summed E-state index contributed by atoms with van der Waals surface area (Å²) in [7, 11) is 7.90. The summed E-state index contributed by atoms with van der Waals surface area (Å²) in [5.41, 5.74) is 18.7. The molecular formula is C94H159N17O21P6S. The van der Waals surface area contributed by atoms with Crippen LogP contribution in [0.15, 0.2) is 154 Å². The number of amides is 2. The van der Waals surface area contributed by atoms with Crippen LogP contribution in [0.25, 0.3) is 0 Å². The van der Waals surface area contributed by atoms with E-state index < -0.39 is 152 Å². The first-order valence-corrected chi connectivity index (χ1v) is 64.4. The Morgan fingerprint density at radius 1 is 0.424 bits per heavy atom. The molecule has 0 saturated carbocycles. The quantitative estimate of drug-likeness (QED) is 0.0361. The number of aromatic nitrogens is 2. The SMILES string of the molecule is C=C1N=C(N)C(OC)=CN1C1O[C@H](CCP(=C)(C)C)[C@@H](O)[C@H]1O.C=C1N=C(N)C(OC)=CN1C1O[C@H](CCP(=C)(C)C)[C@@H](O)[C@H]1OC.C=C1N=C(N)C=CN1C1O[C@H](CCP(=C)(C)C)[C@@H](O)[C@H]1C.C=C1N=C(NC(C)=O)C=CN1C1O[C@H](CCP(=C)(C)C)[C@@H](O)[C@H]1O.C=C1N=C(NC(C)=O)C=CN1C1O[C@H](CCP(=C)(C)C)[C@@H](O)[C@H]1OC.C=P(C)(C)CC[C@H]1OC(c2cn(C)c(=S)nc2C)[C@H](O)[C@@H]1O. The molecule has 11 aliphatic rings. The second-order valence-electron chi connectivity index (χ2n) is 40.3. The summed E-state index contributed by atoms with van der Waals surface area (Å²) in [6, 6.07) is 0. The zero-order valence-electron chi connectivity index (χ0n) is 84.9. The molecule has 6 unspecified atom stereocenters. The number of aliphatic hydroxyl groups is 9. The highest BCUT2D eigenvalue weighted by Crippen LogP contribution is 2.47. The molecule has 139 heavy (non-hydrogen) atoms. The lowest BCUT2D eigenvalue weighted by atomic mass is 10.00. The van der Waals surface area contributed by atoms with Crippen molar-refractivity contribution in [2.45, 2.75) is 207 Å². The summed E-state index contributed by atoms with van der Waals surface area (Å²) in [5.74, 6) is 4.04. The number of carbonyl (C=O) groups is 2. The fourth-order valence-electron chi connectivity index (χ4n) is 16.2. The van der Waals surface area contributed by atoms with Crippen LogP contribution in [0, 0.1) is 17.6 Å². The lowest BCUT2D eigenvalue weighted by Crippen LogP contribution is -2.43. The van der Waals surface area contributed by atoms with Crippen molar-refractivity contribution in [3.05, 3.63) is 145 Å². The second-order valence-corrected chi connectivity index (χ2v) is 66.6. The number of nitrogens with zero attached hydrogens (tertiary/aromatic N) is 12. The number of aliphatic imine (C=N–C) groups is 5. The van der Waals surface area contributed by atoms with E-state index in [1.165, 1.54) is 33.0 Å². The molecule has 45 heteroatoms. The van der Waals surface area contributed by atoms with Gasteiger partial charge >= 0.3 is 0 Å². The molecule has 11 aliphatic heterocycles. The Bertz CT molecular complexity index is 5260. The van der Waals surface area contributed by atoms with E-state index >= 15 is 0 Å². The Morgan fingerprint density at radius 3 is 1.07 bits per heavy atom. The molecule has 782 valence electrons. The van der Waals surface area contributed by atoms with Crippen LogP contribution in [0.5, 0.6) is 0 Å². The van der Waals surface area contributed by atoms with E-state index in [1.807, 2.05) is 38.2 Å². The first-order valence-electron chi connectivity index (χ1n) is 45.7. The predicted molar refractivity (Wildman–Crippen MR) is 577 cm³/mol. The van der Waals surface area contributed by atoms with Crippen LogP contribution in [0.1, 0.15) is 76.7 Å². The highest BCUT2D eigenvalue weighted by Gasteiger charge is 2.52. The van der Waals surface area contributed by atoms with Crippen molar-refractivity contribution in [2.24, 2.45) is 55.1 Å². The predicted octanol–water partition coefficient (Wildman–Crippen LogP) is 5.56. The number of hydrogen-bond donors (Lipinski definition) is 14. The number of hydrogen-bond acceptors (Lipinski definition) is 36. The van der Waals surface area contributed by atoms with Gasteiger partial charge in [-0.2, -0.15) is 0 Å². The van der Waals surface area contributed by atoms with Crippen molar-refractivity contribution in [2.75, 3.05) is 145 Å². The zero-order valence-corrected chi connectivity index (χ0v) is 91.1. The average Bonchev–Trinajstić information content (AvgIpc) is 1.64. The van der Waals surface area contributed by atoms with Gasteiger partial charge in [-0.05, 0) is 193 Å². The maximum atomic E-state index is 11.1. The Labute approximate surface area is 827 Å². The van der Waals surface area contributed by atoms with Gasteiger partial charge in [0.2, 0.25) is 11.8 Å². The molecule has 6 saturated heterocycles. The van der Waals surface area contributed by atoms with Gasteiger partial charge in [0.25, 0.3) is 0 Å². The Morgan fingerprint density at radius 2 is 0.719 bits per heavy atom. The van der Waals surface area contributed by atoms with Gasteiger partial charge in [-0.3, -0.25) is 9.59 Å². The molecule has 6 fully saturated rings. The fourth-order valence-corrected chi connectivity index (χ4v) is 22.1. The summed E-state index contributed by atoms with van der Waals surface area (Å²) in [6.07, 6.45) is 35.7. The summed E-state index contributed by atoms with van der Waals surface area (Å²) in [5, 5.41) is 98.6. The molecule has 12 heterocycles. The second kappa shape index (κ2) is 50.8. The highest BCUT2D eigenvalue weighted by atomic mass is 32.1. The van der Waals surface area contributed by atoms with Gasteiger partial charge < -0.3 is 150 Å². The van der Waals surface area contributed by atoms with Crippen LogP contribution in [0.3, 0.4) is 0 Å². The van der Waals surface area contributed by atoms with Crippen molar-refractivity contribution in [1.82, 2.24) is 44.7 Å². The summed E-state index contributed by atoms with van der Waals surface area (Å²) >= 11 is 5.13. The monoisotopic (exact) mass is 2080 g/mol. The Kier molecular flexibility index (Phi) is 43.5. The minimum absolute atomic E-state index is 0.0165. The number of ether oxygens (including phenoxy) is 10. The van der Waals surface area contributed by atoms with Crippen LogP contribution in [0.2, 0.25) is 0 Å².